The van der Waals surface area contributed by atoms with Crippen LogP contribution >= 0.6 is 0 Å². The lowest BCUT2D eigenvalue weighted by atomic mass is 9.85. The number of para-hydroxylation sites is 2. The summed E-state index contributed by atoms with van der Waals surface area (Å²) >= 11 is 0. The average Bonchev–Trinajstić information content (AvgIpc) is 3.03. The van der Waals surface area contributed by atoms with Gasteiger partial charge in [0, 0.05) is 27.8 Å². The summed E-state index contributed by atoms with van der Waals surface area (Å²) in [5, 5.41) is 10.5. The summed E-state index contributed by atoms with van der Waals surface area (Å²) in [5.41, 5.74) is 3.78. The Hall–Kier alpha value is -5.36. The third-order valence-corrected chi connectivity index (χ3v) is 6.89. The summed E-state index contributed by atoms with van der Waals surface area (Å²) < 4.78 is 18.4. The molecule has 0 radical (unpaired) electrons. The van der Waals surface area contributed by atoms with E-state index in [4.69, 9.17) is 14.2 Å². The van der Waals surface area contributed by atoms with Crippen molar-refractivity contribution in [2.45, 2.75) is 20.1 Å². The number of aromatic carboxylic acids is 1. The minimum Gasteiger partial charge on any atom is -0.496 e. The van der Waals surface area contributed by atoms with Crippen molar-refractivity contribution in [2.75, 3.05) is 7.11 Å². The zero-order valence-corrected chi connectivity index (χ0v) is 23.4. The molecule has 5 rings (SSSR count). The molecular weight excluding hydrogens is 528 g/mol. The fourth-order valence-electron chi connectivity index (χ4n) is 4.92. The maximum absolute atomic E-state index is 12.9. The number of methoxy groups -OCH3 is 1. The van der Waals surface area contributed by atoms with Crippen LogP contribution in [0, 0.1) is 0 Å². The number of rotatable bonds is 11. The van der Waals surface area contributed by atoms with Crippen molar-refractivity contribution in [1.82, 2.24) is 0 Å². The van der Waals surface area contributed by atoms with Gasteiger partial charge in [-0.3, -0.25) is 4.79 Å². The molecule has 6 nitrogen and oxygen atoms in total. The van der Waals surface area contributed by atoms with Gasteiger partial charge in [-0.05, 0) is 36.2 Å². The normalized spacial score (nSPS) is 10.6. The van der Waals surface area contributed by atoms with Crippen LogP contribution in [0.2, 0.25) is 0 Å². The standard InChI is InChI=1S/C36H30O6/c1-24(37)29-21-32(40-2)33(27-17-9-11-19-30(27)41-22-25-13-5-3-6-14-25)34(35(29)36(38)39)28-18-10-12-20-31(28)42-23-26-15-7-4-8-16-26/h3-21H,22-23H2,1-2H3,(H,38,39). The summed E-state index contributed by atoms with van der Waals surface area (Å²) in [6, 6.07) is 35.6. The summed E-state index contributed by atoms with van der Waals surface area (Å²) in [7, 11) is 1.50. The molecule has 0 heterocycles. The topological polar surface area (TPSA) is 82.1 Å². The Bertz CT molecular complexity index is 1710. The van der Waals surface area contributed by atoms with Gasteiger partial charge in [0.2, 0.25) is 0 Å². The molecule has 0 unspecified atom stereocenters. The van der Waals surface area contributed by atoms with Crippen molar-refractivity contribution >= 4 is 11.8 Å². The number of carbonyl (C=O) groups excluding carboxylic acids is 1. The second-order valence-electron chi connectivity index (χ2n) is 9.65. The Labute approximate surface area is 244 Å². The highest BCUT2D eigenvalue weighted by molar-refractivity contribution is 6.13. The number of Topliss-reactive ketones (excluding diaryl/α,β-unsaturated/α-hetero) is 1. The minimum absolute atomic E-state index is 0.0404. The second-order valence-corrected chi connectivity index (χ2v) is 9.65. The number of hydrogen-bond donors (Lipinski definition) is 1. The first-order valence-corrected chi connectivity index (χ1v) is 13.5. The molecule has 0 aliphatic heterocycles. The van der Waals surface area contributed by atoms with Crippen molar-refractivity contribution < 1.29 is 28.9 Å². The van der Waals surface area contributed by atoms with Crippen LogP contribution in [0.15, 0.2) is 115 Å². The van der Waals surface area contributed by atoms with Gasteiger partial charge in [-0.1, -0.05) is 97.1 Å². The van der Waals surface area contributed by atoms with E-state index in [1.807, 2.05) is 97.1 Å². The third kappa shape index (κ3) is 6.03. The number of hydrogen-bond acceptors (Lipinski definition) is 5. The highest BCUT2D eigenvalue weighted by atomic mass is 16.5. The van der Waals surface area contributed by atoms with Gasteiger partial charge in [0.15, 0.2) is 5.78 Å². The highest BCUT2D eigenvalue weighted by Gasteiger charge is 2.29. The van der Waals surface area contributed by atoms with Crippen LogP contribution in [0.4, 0.5) is 0 Å². The number of ether oxygens (including phenoxy) is 3. The summed E-state index contributed by atoms with van der Waals surface area (Å²) in [5.74, 6) is -0.283. The van der Waals surface area contributed by atoms with Gasteiger partial charge >= 0.3 is 5.97 Å². The van der Waals surface area contributed by atoms with E-state index in [0.29, 0.717) is 46.1 Å². The maximum Gasteiger partial charge on any atom is 0.337 e. The predicted octanol–water partition coefficient (Wildman–Crippen LogP) is 8.09. The Morgan fingerprint density at radius 1 is 0.619 bits per heavy atom. The summed E-state index contributed by atoms with van der Waals surface area (Å²) in [6.07, 6.45) is 0. The predicted molar refractivity (Wildman–Crippen MR) is 162 cm³/mol. The number of ketones is 1. The molecule has 42 heavy (non-hydrogen) atoms. The molecule has 1 N–H and O–H groups in total. The molecule has 6 heteroatoms. The van der Waals surface area contributed by atoms with E-state index in [1.165, 1.54) is 20.1 Å². The zero-order valence-electron chi connectivity index (χ0n) is 23.4. The number of benzene rings is 5. The molecule has 5 aromatic carbocycles. The lowest BCUT2D eigenvalue weighted by Crippen LogP contribution is -2.12. The van der Waals surface area contributed by atoms with E-state index in [0.717, 1.165) is 11.1 Å². The lowest BCUT2D eigenvalue weighted by Gasteiger charge is -2.23. The minimum atomic E-state index is -1.24. The molecule has 0 atom stereocenters. The largest absolute Gasteiger partial charge is 0.496 e. The molecule has 0 aromatic heterocycles. The SMILES string of the molecule is COc1cc(C(C)=O)c(C(=O)O)c(-c2ccccc2OCc2ccccc2)c1-c1ccccc1OCc1ccccc1. The van der Waals surface area contributed by atoms with E-state index in [2.05, 4.69) is 0 Å². The second kappa shape index (κ2) is 12.9. The molecule has 0 fully saturated rings. The Balaban J connectivity index is 1.74. The summed E-state index contributed by atoms with van der Waals surface area (Å²) in [6.45, 7) is 1.93. The molecule has 0 saturated heterocycles. The Kier molecular flexibility index (Phi) is 8.64. The quantitative estimate of drug-likeness (QED) is 0.165. The molecular formula is C36H30O6. The first-order valence-electron chi connectivity index (χ1n) is 13.5. The van der Waals surface area contributed by atoms with Crippen molar-refractivity contribution in [3.8, 4) is 39.5 Å². The molecule has 0 amide bonds. The fourth-order valence-corrected chi connectivity index (χ4v) is 4.92. The molecule has 0 aliphatic carbocycles. The monoisotopic (exact) mass is 558 g/mol. The number of carbonyl (C=O) groups is 2. The highest BCUT2D eigenvalue weighted by Crippen LogP contribution is 2.48. The molecule has 0 spiro atoms. The molecule has 5 aromatic rings. The van der Waals surface area contributed by atoms with Gasteiger partial charge in [-0.25, -0.2) is 4.79 Å². The van der Waals surface area contributed by atoms with E-state index in [-0.39, 0.29) is 17.7 Å². The van der Waals surface area contributed by atoms with E-state index in [1.54, 1.807) is 12.1 Å². The van der Waals surface area contributed by atoms with E-state index < -0.39 is 11.8 Å². The maximum atomic E-state index is 12.9. The first kappa shape index (κ1) is 28.2. The van der Waals surface area contributed by atoms with Gasteiger partial charge in [0.1, 0.15) is 30.5 Å². The van der Waals surface area contributed by atoms with E-state index in [9.17, 15) is 14.7 Å². The number of carboxylic acid groups (broad SMARTS) is 1. The lowest BCUT2D eigenvalue weighted by molar-refractivity contribution is 0.0693. The van der Waals surface area contributed by atoms with Crippen LogP contribution in [0.5, 0.6) is 17.2 Å². The van der Waals surface area contributed by atoms with Crippen LogP contribution in [0.1, 0.15) is 38.8 Å². The number of carboxylic acids is 1. The third-order valence-electron chi connectivity index (χ3n) is 6.89. The molecule has 0 saturated carbocycles. The van der Waals surface area contributed by atoms with Gasteiger partial charge in [-0.2, -0.15) is 0 Å². The Morgan fingerprint density at radius 2 is 1.07 bits per heavy atom. The van der Waals surface area contributed by atoms with Crippen LogP contribution in [0.3, 0.4) is 0 Å². The van der Waals surface area contributed by atoms with Crippen molar-refractivity contribution in [2.24, 2.45) is 0 Å². The van der Waals surface area contributed by atoms with E-state index >= 15 is 0 Å². The van der Waals surface area contributed by atoms with Crippen LogP contribution in [-0.4, -0.2) is 24.0 Å². The van der Waals surface area contributed by atoms with Gasteiger partial charge < -0.3 is 19.3 Å². The van der Waals surface area contributed by atoms with Gasteiger partial charge in [0.05, 0.1) is 12.7 Å². The zero-order chi connectivity index (χ0) is 29.5. The molecule has 0 aliphatic rings. The van der Waals surface area contributed by atoms with Crippen LogP contribution < -0.4 is 14.2 Å². The Morgan fingerprint density at radius 3 is 1.52 bits per heavy atom. The van der Waals surface area contributed by atoms with Crippen molar-refractivity contribution in [3.05, 3.63) is 138 Å². The molecule has 0 bridgehead atoms. The van der Waals surface area contributed by atoms with Gasteiger partial charge in [0.25, 0.3) is 0 Å². The molecule has 210 valence electrons. The fraction of sp³-hybridized carbons (Fsp3) is 0.111. The summed E-state index contributed by atoms with van der Waals surface area (Å²) in [4.78, 5) is 25.7. The van der Waals surface area contributed by atoms with Crippen molar-refractivity contribution in [3.63, 3.8) is 0 Å². The van der Waals surface area contributed by atoms with Crippen LogP contribution in [-0.2, 0) is 13.2 Å². The average molecular weight is 559 g/mol. The van der Waals surface area contributed by atoms with Gasteiger partial charge in [-0.15, -0.1) is 0 Å². The smallest absolute Gasteiger partial charge is 0.337 e. The van der Waals surface area contributed by atoms with Crippen molar-refractivity contribution in [1.29, 1.82) is 0 Å². The van der Waals surface area contributed by atoms with Crippen LogP contribution in [0.25, 0.3) is 22.3 Å². The first-order chi connectivity index (χ1) is 20.5.